The lowest BCUT2D eigenvalue weighted by atomic mass is 10.2. The molecule has 7 heteroatoms. The lowest BCUT2D eigenvalue weighted by Crippen LogP contribution is -2.12. The number of hydrogen-bond donors (Lipinski definition) is 1. The van der Waals surface area contributed by atoms with Gasteiger partial charge in [0.05, 0.1) is 13.3 Å². The molecule has 0 aliphatic rings. The summed E-state index contributed by atoms with van der Waals surface area (Å²) in [6.07, 6.45) is 2.45. The summed E-state index contributed by atoms with van der Waals surface area (Å²) >= 11 is 1.42. The van der Waals surface area contributed by atoms with Gasteiger partial charge in [-0.05, 0) is 36.2 Å². The molecule has 0 radical (unpaired) electrons. The molecule has 1 aromatic heterocycles. The van der Waals surface area contributed by atoms with Crippen molar-refractivity contribution in [3.05, 3.63) is 39.8 Å². The fourth-order valence-corrected chi connectivity index (χ4v) is 2.07. The van der Waals surface area contributed by atoms with E-state index in [4.69, 9.17) is 10.5 Å². The Bertz CT molecular complexity index is 618. The van der Waals surface area contributed by atoms with Crippen LogP contribution in [-0.4, -0.2) is 29.4 Å². The van der Waals surface area contributed by atoms with Gasteiger partial charge < -0.3 is 10.5 Å². The maximum atomic E-state index is 5.80. The predicted octanol–water partition coefficient (Wildman–Crippen LogP) is 1.85. The normalized spacial score (nSPS) is 12.0. The smallest absolute Gasteiger partial charge is 0.184 e. The molecular formula is C13H15N5OS. The van der Waals surface area contributed by atoms with E-state index in [0.29, 0.717) is 5.01 Å². The Morgan fingerprint density at radius 3 is 2.70 bits per heavy atom. The molecule has 0 spiro atoms. The zero-order chi connectivity index (χ0) is 14.4. The minimum atomic E-state index is 0.270. The van der Waals surface area contributed by atoms with Gasteiger partial charge in [-0.2, -0.15) is 5.10 Å². The third-order valence-electron chi connectivity index (χ3n) is 2.48. The maximum Gasteiger partial charge on any atom is 0.184 e. The largest absolute Gasteiger partial charge is 0.497 e. The number of aromatic nitrogens is 2. The predicted molar refractivity (Wildman–Crippen MR) is 80.6 cm³/mol. The van der Waals surface area contributed by atoms with Crippen LogP contribution in [0.1, 0.15) is 22.5 Å². The Kier molecular flexibility index (Phi) is 4.78. The highest BCUT2D eigenvalue weighted by Crippen LogP contribution is 2.11. The average Bonchev–Trinajstić information content (AvgIpc) is 2.97. The summed E-state index contributed by atoms with van der Waals surface area (Å²) in [7, 11) is 1.63. The summed E-state index contributed by atoms with van der Waals surface area (Å²) in [5, 5.41) is 17.3. The van der Waals surface area contributed by atoms with Gasteiger partial charge in [0.2, 0.25) is 0 Å². The van der Waals surface area contributed by atoms with E-state index >= 15 is 0 Å². The van der Waals surface area contributed by atoms with Crippen LogP contribution in [0.5, 0.6) is 5.75 Å². The quantitative estimate of drug-likeness (QED) is 0.517. The minimum Gasteiger partial charge on any atom is -0.497 e. The monoisotopic (exact) mass is 289 g/mol. The summed E-state index contributed by atoms with van der Waals surface area (Å²) in [6.45, 7) is 2.01. The van der Waals surface area contributed by atoms with Crippen molar-refractivity contribution >= 4 is 23.4 Å². The van der Waals surface area contributed by atoms with E-state index in [2.05, 4.69) is 20.4 Å². The van der Waals surface area contributed by atoms with Crippen molar-refractivity contribution in [2.45, 2.75) is 13.3 Å². The molecule has 2 N–H and O–H groups in total. The summed E-state index contributed by atoms with van der Waals surface area (Å²) in [5.41, 5.74) is 6.71. The van der Waals surface area contributed by atoms with Crippen molar-refractivity contribution in [3.8, 4) is 5.75 Å². The molecule has 0 amide bonds. The molecule has 1 aromatic carbocycles. The molecule has 0 bridgehead atoms. The second kappa shape index (κ2) is 6.76. The Hall–Kier alpha value is -2.28. The van der Waals surface area contributed by atoms with E-state index in [-0.39, 0.29) is 5.84 Å². The zero-order valence-electron chi connectivity index (χ0n) is 11.3. The number of amidine groups is 1. The first-order chi connectivity index (χ1) is 9.72. The molecule has 2 aromatic rings. The summed E-state index contributed by atoms with van der Waals surface area (Å²) < 4.78 is 5.08. The third-order valence-corrected chi connectivity index (χ3v) is 3.57. The molecule has 20 heavy (non-hydrogen) atoms. The van der Waals surface area contributed by atoms with Gasteiger partial charge in [0.15, 0.2) is 10.8 Å². The van der Waals surface area contributed by atoms with Crippen molar-refractivity contribution in [1.29, 1.82) is 0 Å². The standard InChI is InChI=1S/C13H15N5OS/c1-3-11-16-18-13(20-11)12(14)17-15-8-9-4-6-10(19-2)7-5-9/h4-8H,3H2,1-2H3,(H2,14,17)/b15-8+. The summed E-state index contributed by atoms with van der Waals surface area (Å²) in [6, 6.07) is 7.47. The van der Waals surface area contributed by atoms with Crippen LogP contribution in [0, 0.1) is 0 Å². The second-order valence-corrected chi connectivity index (χ2v) is 4.92. The number of nitrogens with zero attached hydrogens (tertiary/aromatic N) is 4. The van der Waals surface area contributed by atoms with Gasteiger partial charge in [-0.15, -0.1) is 15.3 Å². The van der Waals surface area contributed by atoms with Crippen molar-refractivity contribution in [1.82, 2.24) is 10.2 Å². The maximum absolute atomic E-state index is 5.80. The molecule has 0 atom stereocenters. The first-order valence-corrected chi connectivity index (χ1v) is 6.88. The Balaban J connectivity index is 2.04. The van der Waals surface area contributed by atoms with Crippen molar-refractivity contribution in [2.75, 3.05) is 7.11 Å². The van der Waals surface area contributed by atoms with Crippen molar-refractivity contribution in [2.24, 2.45) is 15.9 Å². The molecule has 2 rings (SSSR count). The van der Waals surface area contributed by atoms with Gasteiger partial charge in [-0.3, -0.25) is 0 Å². The van der Waals surface area contributed by atoms with Crippen molar-refractivity contribution in [3.63, 3.8) is 0 Å². The summed E-state index contributed by atoms with van der Waals surface area (Å²) in [4.78, 5) is 0. The van der Waals surface area contributed by atoms with Gasteiger partial charge in [-0.1, -0.05) is 18.3 Å². The minimum absolute atomic E-state index is 0.270. The second-order valence-electron chi connectivity index (χ2n) is 3.86. The summed E-state index contributed by atoms with van der Waals surface area (Å²) in [5.74, 6) is 1.07. The Morgan fingerprint density at radius 2 is 2.10 bits per heavy atom. The van der Waals surface area contributed by atoms with Crippen LogP contribution in [0.25, 0.3) is 0 Å². The molecule has 0 saturated carbocycles. The number of methoxy groups -OCH3 is 1. The molecular weight excluding hydrogens is 274 g/mol. The van der Waals surface area contributed by atoms with Crippen molar-refractivity contribution < 1.29 is 4.74 Å². The van der Waals surface area contributed by atoms with Gasteiger partial charge in [0, 0.05) is 0 Å². The molecule has 1 heterocycles. The van der Waals surface area contributed by atoms with Gasteiger partial charge in [-0.25, -0.2) is 0 Å². The highest BCUT2D eigenvalue weighted by atomic mass is 32.1. The zero-order valence-corrected chi connectivity index (χ0v) is 12.1. The van der Waals surface area contributed by atoms with E-state index in [1.807, 2.05) is 31.2 Å². The van der Waals surface area contributed by atoms with Gasteiger partial charge in [0.25, 0.3) is 0 Å². The number of aryl methyl sites for hydroxylation is 1. The number of benzene rings is 1. The van der Waals surface area contributed by atoms with Gasteiger partial charge in [0.1, 0.15) is 10.8 Å². The fourth-order valence-electron chi connectivity index (χ4n) is 1.39. The fraction of sp³-hybridized carbons (Fsp3) is 0.231. The van der Waals surface area contributed by atoms with E-state index in [1.54, 1.807) is 13.3 Å². The molecule has 0 fully saturated rings. The van der Waals surface area contributed by atoms with Crippen LogP contribution >= 0.6 is 11.3 Å². The van der Waals surface area contributed by atoms with Crippen LogP contribution in [0.3, 0.4) is 0 Å². The number of hydrogen-bond acceptors (Lipinski definition) is 6. The van der Waals surface area contributed by atoms with E-state index < -0.39 is 0 Å². The molecule has 6 nitrogen and oxygen atoms in total. The SMILES string of the molecule is CCc1nnc(/C(N)=N/N=C/c2ccc(OC)cc2)s1. The highest BCUT2D eigenvalue weighted by Gasteiger charge is 2.05. The lowest BCUT2D eigenvalue weighted by Gasteiger charge is -1.98. The van der Waals surface area contributed by atoms with Crippen LogP contribution in [0.15, 0.2) is 34.5 Å². The number of rotatable bonds is 5. The van der Waals surface area contributed by atoms with E-state index in [1.165, 1.54) is 11.3 Å². The molecule has 104 valence electrons. The molecule has 0 unspecified atom stereocenters. The van der Waals surface area contributed by atoms with E-state index in [0.717, 1.165) is 22.7 Å². The Labute approximate surface area is 121 Å². The molecule has 0 aliphatic heterocycles. The van der Waals surface area contributed by atoms with Crippen LogP contribution < -0.4 is 10.5 Å². The first-order valence-electron chi connectivity index (χ1n) is 6.06. The lowest BCUT2D eigenvalue weighted by molar-refractivity contribution is 0.415. The molecule has 0 saturated heterocycles. The Morgan fingerprint density at radius 1 is 1.35 bits per heavy atom. The number of nitrogens with two attached hydrogens (primary N) is 1. The average molecular weight is 289 g/mol. The van der Waals surface area contributed by atoms with Crippen LogP contribution in [0.4, 0.5) is 0 Å². The first kappa shape index (κ1) is 14.1. The van der Waals surface area contributed by atoms with Crippen LogP contribution in [-0.2, 0) is 6.42 Å². The van der Waals surface area contributed by atoms with Crippen LogP contribution in [0.2, 0.25) is 0 Å². The van der Waals surface area contributed by atoms with Gasteiger partial charge >= 0.3 is 0 Å². The number of ether oxygens (including phenoxy) is 1. The highest BCUT2D eigenvalue weighted by molar-refractivity contribution is 7.13. The third kappa shape index (κ3) is 3.61. The van der Waals surface area contributed by atoms with E-state index in [9.17, 15) is 0 Å². The topological polar surface area (TPSA) is 85.8 Å². The molecule has 0 aliphatic carbocycles.